The van der Waals surface area contributed by atoms with E-state index in [0.717, 1.165) is 24.2 Å². The van der Waals surface area contributed by atoms with Crippen LogP contribution >= 0.6 is 23.2 Å². The molecule has 0 heterocycles. The number of rotatable bonds is 6. The molecule has 0 aliphatic heterocycles. The minimum Gasteiger partial charge on any atom is -0.326 e. The molecule has 0 aliphatic carbocycles. The van der Waals surface area contributed by atoms with Crippen LogP contribution < -0.4 is 5.32 Å². The summed E-state index contributed by atoms with van der Waals surface area (Å²) in [5.41, 5.74) is 2.79. The molecule has 0 saturated heterocycles. The van der Waals surface area contributed by atoms with Crippen LogP contribution in [-0.2, 0) is 17.6 Å². The number of carbonyl (C=O) groups excluding carboxylic acids is 1. The molecule has 3 nitrogen and oxygen atoms in total. The van der Waals surface area contributed by atoms with E-state index in [-0.39, 0.29) is 12.3 Å². The molecule has 0 aliphatic rings. The van der Waals surface area contributed by atoms with Crippen molar-refractivity contribution in [1.29, 1.82) is 0 Å². The number of benzene rings is 2. The molecule has 0 aromatic heterocycles. The van der Waals surface area contributed by atoms with Gasteiger partial charge in [0, 0.05) is 22.3 Å². The summed E-state index contributed by atoms with van der Waals surface area (Å²) in [6, 6.07) is 13.1. The summed E-state index contributed by atoms with van der Waals surface area (Å²) in [4.78, 5) is 14.3. The van der Waals surface area contributed by atoms with Crippen molar-refractivity contribution in [3.8, 4) is 0 Å². The lowest BCUT2D eigenvalue weighted by Gasteiger charge is -2.10. The predicted octanol–water partition coefficient (Wildman–Crippen LogP) is 4.28. The zero-order valence-electron chi connectivity index (χ0n) is 13.3. The average Bonchev–Trinajstić information content (AvgIpc) is 2.49. The van der Waals surface area contributed by atoms with Crippen molar-refractivity contribution in [3.05, 3.63) is 63.6 Å². The molecule has 2 aromatic rings. The van der Waals surface area contributed by atoms with Crippen LogP contribution in [0.1, 0.15) is 11.1 Å². The molecule has 0 bridgehead atoms. The van der Waals surface area contributed by atoms with E-state index >= 15 is 0 Å². The Labute approximate surface area is 147 Å². The van der Waals surface area contributed by atoms with Crippen LogP contribution in [0.4, 0.5) is 5.69 Å². The molecule has 0 radical (unpaired) electrons. The predicted molar refractivity (Wildman–Crippen MR) is 97.5 cm³/mol. The minimum atomic E-state index is -0.102. The highest BCUT2D eigenvalue weighted by Crippen LogP contribution is 2.21. The Balaban J connectivity index is 1.92. The smallest absolute Gasteiger partial charge is 0.228 e. The maximum Gasteiger partial charge on any atom is 0.228 e. The van der Waals surface area contributed by atoms with E-state index in [1.165, 1.54) is 5.56 Å². The molecule has 0 fully saturated rings. The van der Waals surface area contributed by atoms with E-state index in [4.69, 9.17) is 23.2 Å². The van der Waals surface area contributed by atoms with Gasteiger partial charge in [0.2, 0.25) is 5.91 Å². The van der Waals surface area contributed by atoms with Gasteiger partial charge in [-0.2, -0.15) is 0 Å². The second-order valence-electron chi connectivity index (χ2n) is 5.71. The van der Waals surface area contributed by atoms with Crippen LogP contribution in [0.15, 0.2) is 42.5 Å². The molecule has 1 N–H and O–H groups in total. The minimum absolute atomic E-state index is 0.102. The number of likely N-dealkylation sites (N-methyl/N-ethyl adjacent to an activating group) is 1. The first-order valence-electron chi connectivity index (χ1n) is 7.41. The van der Waals surface area contributed by atoms with E-state index in [1.807, 2.05) is 24.3 Å². The quantitative estimate of drug-likeness (QED) is 0.843. The highest BCUT2D eigenvalue weighted by atomic mass is 35.5. The van der Waals surface area contributed by atoms with Gasteiger partial charge < -0.3 is 10.2 Å². The molecule has 122 valence electrons. The van der Waals surface area contributed by atoms with Crippen LogP contribution in [0.2, 0.25) is 10.0 Å². The molecular formula is C18H20Cl2N2O. The standard InChI is InChI=1S/C18H20Cl2N2O/c1-22(2)10-9-13-3-7-16(8-4-13)21-18(23)11-14-5-6-15(19)12-17(14)20/h3-8,12H,9-11H2,1-2H3,(H,21,23). The van der Waals surface area contributed by atoms with Crippen molar-refractivity contribution in [2.75, 3.05) is 26.0 Å². The topological polar surface area (TPSA) is 32.3 Å². The average molecular weight is 351 g/mol. The molecule has 2 aromatic carbocycles. The third-order valence-electron chi connectivity index (χ3n) is 3.45. The summed E-state index contributed by atoms with van der Waals surface area (Å²) in [5.74, 6) is -0.102. The molecular weight excluding hydrogens is 331 g/mol. The number of nitrogens with zero attached hydrogens (tertiary/aromatic N) is 1. The Morgan fingerprint density at radius 3 is 2.39 bits per heavy atom. The van der Waals surface area contributed by atoms with Gasteiger partial charge in [-0.3, -0.25) is 4.79 Å². The maximum atomic E-state index is 12.1. The fourth-order valence-electron chi connectivity index (χ4n) is 2.15. The van der Waals surface area contributed by atoms with Crippen molar-refractivity contribution < 1.29 is 4.79 Å². The summed E-state index contributed by atoms with van der Waals surface area (Å²) in [6.07, 6.45) is 1.21. The second kappa shape index (κ2) is 8.34. The summed E-state index contributed by atoms with van der Waals surface area (Å²) in [5, 5.41) is 3.95. The lowest BCUT2D eigenvalue weighted by atomic mass is 10.1. The lowest BCUT2D eigenvalue weighted by molar-refractivity contribution is -0.115. The molecule has 0 spiro atoms. The van der Waals surface area contributed by atoms with Crippen LogP contribution in [0.25, 0.3) is 0 Å². The van der Waals surface area contributed by atoms with Gasteiger partial charge in [0.15, 0.2) is 0 Å². The van der Waals surface area contributed by atoms with Gasteiger partial charge in [0.05, 0.1) is 6.42 Å². The molecule has 5 heteroatoms. The first kappa shape index (κ1) is 17.8. The SMILES string of the molecule is CN(C)CCc1ccc(NC(=O)Cc2ccc(Cl)cc2Cl)cc1. The van der Waals surface area contributed by atoms with Crippen LogP contribution in [-0.4, -0.2) is 31.4 Å². The third-order valence-corrected chi connectivity index (χ3v) is 4.04. The largest absolute Gasteiger partial charge is 0.326 e. The van der Waals surface area contributed by atoms with E-state index in [1.54, 1.807) is 18.2 Å². The van der Waals surface area contributed by atoms with E-state index in [0.29, 0.717) is 10.0 Å². The summed E-state index contributed by atoms with van der Waals surface area (Å²) >= 11 is 11.9. The van der Waals surface area contributed by atoms with Gasteiger partial charge in [0.1, 0.15) is 0 Å². The third kappa shape index (κ3) is 5.87. The summed E-state index contributed by atoms with van der Waals surface area (Å²) < 4.78 is 0. The number of anilines is 1. The first-order valence-corrected chi connectivity index (χ1v) is 8.17. The zero-order valence-corrected chi connectivity index (χ0v) is 14.8. The number of nitrogens with one attached hydrogen (secondary N) is 1. The molecule has 23 heavy (non-hydrogen) atoms. The van der Waals surface area contributed by atoms with Crippen molar-refractivity contribution in [1.82, 2.24) is 4.90 Å². The van der Waals surface area contributed by atoms with Crippen molar-refractivity contribution in [2.24, 2.45) is 0 Å². The Kier molecular flexibility index (Phi) is 6.46. The van der Waals surface area contributed by atoms with E-state index in [2.05, 4.69) is 24.3 Å². The molecule has 1 amide bonds. The number of hydrogen-bond acceptors (Lipinski definition) is 2. The van der Waals surface area contributed by atoms with Gasteiger partial charge in [-0.05, 0) is 55.9 Å². The summed E-state index contributed by atoms with van der Waals surface area (Å²) in [7, 11) is 4.10. The van der Waals surface area contributed by atoms with Gasteiger partial charge in [-0.25, -0.2) is 0 Å². The van der Waals surface area contributed by atoms with Crippen LogP contribution in [0.3, 0.4) is 0 Å². The van der Waals surface area contributed by atoms with Crippen molar-refractivity contribution in [3.63, 3.8) is 0 Å². The number of hydrogen-bond donors (Lipinski definition) is 1. The van der Waals surface area contributed by atoms with Gasteiger partial charge in [-0.15, -0.1) is 0 Å². The number of carbonyl (C=O) groups is 1. The fraction of sp³-hybridized carbons (Fsp3) is 0.278. The Morgan fingerprint density at radius 1 is 1.09 bits per heavy atom. The maximum absolute atomic E-state index is 12.1. The molecule has 2 rings (SSSR count). The van der Waals surface area contributed by atoms with Gasteiger partial charge >= 0.3 is 0 Å². The summed E-state index contributed by atoms with van der Waals surface area (Å²) in [6.45, 7) is 1.00. The normalized spacial score (nSPS) is 10.8. The molecule has 0 unspecified atom stereocenters. The van der Waals surface area contributed by atoms with Crippen LogP contribution in [0, 0.1) is 0 Å². The van der Waals surface area contributed by atoms with Gasteiger partial charge in [-0.1, -0.05) is 41.4 Å². The Hall–Kier alpha value is -1.55. The highest BCUT2D eigenvalue weighted by Gasteiger charge is 2.08. The molecule has 0 atom stereocenters. The van der Waals surface area contributed by atoms with E-state index < -0.39 is 0 Å². The Bertz CT molecular complexity index is 669. The second-order valence-corrected chi connectivity index (χ2v) is 6.55. The van der Waals surface area contributed by atoms with Crippen molar-refractivity contribution >= 4 is 34.8 Å². The van der Waals surface area contributed by atoms with Crippen LogP contribution in [0.5, 0.6) is 0 Å². The van der Waals surface area contributed by atoms with E-state index in [9.17, 15) is 4.79 Å². The highest BCUT2D eigenvalue weighted by molar-refractivity contribution is 6.35. The van der Waals surface area contributed by atoms with Crippen molar-refractivity contribution in [2.45, 2.75) is 12.8 Å². The number of halogens is 2. The Morgan fingerprint density at radius 2 is 1.78 bits per heavy atom. The monoisotopic (exact) mass is 350 g/mol. The molecule has 0 saturated carbocycles. The number of amides is 1. The fourth-order valence-corrected chi connectivity index (χ4v) is 2.63. The van der Waals surface area contributed by atoms with Gasteiger partial charge in [0.25, 0.3) is 0 Å². The lowest BCUT2D eigenvalue weighted by Crippen LogP contribution is -2.15. The zero-order chi connectivity index (χ0) is 16.8. The first-order chi connectivity index (χ1) is 10.9.